The van der Waals surface area contributed by atoms with E-state index in [1.165, 1.54) is 0 Å². The first kappa shape index (κ1) is 20.7. The van der Waals surface area contributed by atoms with Gasteiger partial charge in [-0.15, -0.1) is 0 Å². The second kappa shape index (κ2) is 7.45. The molecule has 0 unspecified atom stereocenters. The van der Waals surface area contributed by atoms with Gasteiger partial charge in [0.25, 0.3) is 0 Å². The summed E-state index contributed by atoms with van der Waals surface area (Å²) in [5.74, 6) is 0.989. The molecule has 2 N–H and O–H groups in total. The van der Waals surface area contributed by atoms with Crippen LogP contribution in [0.25, 0.3) is 0 Å². The number of methoxy groups -OCH3 is 2. The Morgan fingerprint density at radius 3 is 2.41 bits per heavy atom. The van der Waals surface area contributed by atoms with E-state index in [1.54, 1.807) is 25.3 Å². The molecule has 1 aromatic rings. The number of carbonyl (C=O) groups excluding carboxylic acids is 1. The number of nitrogens with zero attached hydrogens (tertiary/aromatic N) is 3. The molecule has 1 aromatic carbocycles. The van der Waals surface area contributed by atoms with Crippen molar-refractivity contribution in [2.24, 2.45) is 11.1 Å². The number of nitrogens with two attached hydrogens (primary N) is 1. The van der Waals surface area contributed by atoms with E-state index in [9.17, 15) is 10.1 Å². The quantitative estimate of drug-likeness (QED) is 0.836. The molecule has 3 rings (SSSR count). The lowest BCUT2D eigenvalue weighted by atomic mass is 9.69. The number of hydrazine groups is 1. The van der Waals surface area contributed by atoms with Crippen LogP contribution in [0.5, 0.6) is 11.5 Å². The Morgan fingerprint density at radius 2 is 1.86 bits per heavy atom. The molecule has 1 atom stereocenters. The maximum absolute atomic E-state index is 13.3. The summed E-state index contributed by atoms with van der Waals surface area (Å²) < 4.78 is 10.8. The Morgan fingerprint density at radius 1 is 1.21 bits per heavy atom. The molecule has 29 heavy (non-hydrogen) atoms. The van der Waals surface area contributed by atoms with Crippen LogP contribution in [0.4, 0.5) is 0 Å². The molecule has 0 fully saturated rings. The van der Waals surface area contributed by atoms with Crippen LogP contribution in [0.2, 0.25) is 0 Å². The number of ether oxygens (including phenoxy) is 2. The maximum atomic E-state index is 13.3. The normalized spacial score (nSPS) is 21.2. The van der Waals surface area contributed by atoms with Crippen molar-refractivity contribution in [3.05, 3.63) is 46.4 Å². The van der Waals surface area contributed by atoms with Crippen molar-refractivity contribution < 1.29 is 14.3 Å². The largest absolute Gasteiger partial charge is 0.493 e. The van der Waals surface area contributed by atoms with Crippen molar-refractivity contribution in [3.8, 4) is 17.6 Å². The van der Waals surface area contributed by atoms with E-state index in [0.29, 0.717) is 41.3 Å². The van der Waals surface area contributed by atoms with Gasteiger partial charge < -0.3 is 15.2 Å². The Bertz CT molecular complexity index is 953. The maximum Gasteiger partial charge on any atom is 0.162 e. The highest BCUT2D eigenvalue weighted by atomic mass is 16.5. The third-order valence-corrected chi connectivity index (χ3v) is 5.49. The summed E-state index contributed by atoms with van der Waals surface area (Å²) in [6.07, 6.45) is 1.12. The number of rotatable bonds is 4. The number of hydrogen-bond donors (Lipinski definition) is 1. The Labute approximate surface area is 171 Å². The molecule has 0 radical (unpaired) electrons. The number of benzene rings is 1. The van der Waals surface area contributed by atoms with Gasteiger partial charge in [0.05, 0.1) is 31.8 Å². The summed E-state index contributed by atoms with van der Waals surface area (Å²) in [4.78, 5) is 13.3. The van der Waals surface area contributed by atoms with E-state index in [-0.39, 0.29) is 11.2 Å². The highest BCUT2D eigenvalue weighted by molar-refractivity contribution is 6.00. The Kier molecular flexibility index (Phi) is 5.33. The van der Waals surface area contributed by atoms with Gasteiger partial charge in [0.15, 0.2) is 17.3 Å². The summed E-state index contributed by atoms with van der Waals surface area (Å²) in [7, 11) is 6.84. The molecule has 0 saturated carbocycles. The smallest absolute Gasteiger partial charge is 0.162 e. The van der Waals surface area contributed by atoms with E-state index in [0.717, 1.165) is 11.3 Å². The zero-order chi connectivity index (χ0) is 21.5. The number of carbonyl (C=O) groups is 1. The van der Waals surface area contributed by atoms with Gasteiger partial charge in [-0.1, -0.05) is 19.9 Å². The standard InChI is InChI=1S/C22H28N4O3/c1-22(2)10-15-20(16(27)11-22)19(14(12-23)21(24)26(15)25(3)4)13-7-8-17(28-5)18(9-13)29-6/h7-9,19H,10-11,24H2,1-6H3/t19-/m1/s1. The van der Waals surface area contributed by atoms with Gasteiger partial charge in [0, 0.05) is 31.8 Å². The van der Waals surface area contributed by atoms with Crippen molar-refractivity contribution in [1.29, 1.82) is 5.26 Å². The predicted molar refractivity (Wildman–Crippen MR) is 110 cm³/mol. The summed E-state index contributed by atoms with van der Waals surface area (Å²) >= 11 is 0. The lowest BCUT2D eigenvalue weighted by molar-refractivity contribution is -0.119. The van der Waals surface area contributed by atoms with E-state index >= 15 is 0 Å². The van der Waals surface area contributed by atoms with Crippen LogP contribution in [0.3, 0.4) is 0 Å². The van der Waals surface area contributed by atoms with E-state index in [2.05, 4.69) is 19.9 Å². The highest BCUT2D eigenvalue weighted by Gasteiger charge is 2.45. The van der Waals surface area contributed by atoms with Gasteiger partial charge in [-0.25, -0.2) is 5.01 Å². The van der Waals surface area contributed by atoms with Gasteiger partial charge in [-0.3, -0.25) is 9.80 Å². The number of Topliss-reactive ketones (excluding diaryl/α,β-unsaturated/α-hetero) is 1. The average Bonchev–Trinajstić information content (AvgIpc) is 2.65. The van der Waals surface area contributed by atoms with Gasteiger partial charge in [0.1, 0.15) is 5.82 Å². The molecule has 154 valence electrons. The van der Waals surface area contributed by atoms with Crippen LogP contribution in [0.1, 0.15) is 38.2 Å². The average molecular weight is 396 g/mol. The zero-order valence-electron chi connectivity index (χ0n) is 17.9. The van der Waals surface area contributed by atoms with Gasteiger partial charge in [0.2, 0.25) is 0 Å². The minimum atomic E-state index is -0.533. The summed E-state index contributed by atoms with van der Waals surface area (Å²) in [5, 5.41) is 13.6. The SMILES string of the molecule is COc1ccc([C@@H]2C(C#N)=C(N)N(N(C)C)C3=C2C(=O)CC(C)(C)C3)cc1OC. The van der Waals surface area contributed by atoms with E-state index in [1.807, 2.05) is 31.2 Å². The highest BCUT2D eigenvalue weighted by Crippen LogP contribution is 2.49. The molecule has 1 aliphatic carbocycles. The number of allylic oxidation sites excluding steroid dienone is 3. The molecule has 0 aromatic heterocycles. The fourth-order valence-electron chi connectivity index (χ4n) is 4.31. The second-order valence-electron chi connectivity index (χ2n) is 8.42. The zero-order valence-corrected chi connectivity index (χ0v) is 17.9. The molecule has 7 nitrogen and oxygen atoms in total. The Balaban J connectivity index is 2.28. The molecule has 0 bridgehead atoms. The van der Waals surface area contributed by atoms with Crippen LogP contribution < -0.4 is 15.2 Å². The van der Waals surface area contributed by atoms with Crippen LogP contribution in [-0.4, -0.2) is 44.1 Å². The first-order chi connectivity index (χ1) is 13.6. The lowest BCUT2D eigenvalue weighted by Gasteiger charge is -2.45. The minimum Gasteiger partial charge on any atom is -0.493 e. The first-order valence-corrected chi connectivity index (χ1v) is 9.50. The molecular formula is C22H28N4O3. The van der Waals surface area contributed by atoms with Gasteiger partial charge in [-0.2, -0.15) is 5.26 Å². The van der Waals surface area contributed by atoms with E-state index in [4.69, 9.17) is 15.2 Å². The van der Waals surface area contributed by atoms with Crippen molar-refractivity contribution in [2.45, 2.75) is 32.6 Å². The van der Waals surface area contributed by atoms with Crippen LogP contribution in [0, 0.1) is 16.7 Å². The molecule has 7 heteroatoms. The number of nitriles is 1. The van der Waals surface area contributed by atoms with E-state index < -0.39 is 5.92 Å². The van der Waals surface area contributed by atoms with Crippen molar-refractivity contribution in [2.75, 3.05) is 28.3 Å². The summed E-state index contributed by atoms with van der Waals surface area (Å²) in [6, 6.07) is 7.72. The summed E-state index contributed by atoms with van der Waals surface area (Å²) in [5.41, 5.74) is 8.91. The van der Waals surface area contributed by atoms with Crippen LogP contribution >= 0.6 is 0 Å². The third-order valence-electron chi connectivity index (χ3n) is 5.49. The third kappa shape index (κ3) is 3.45. The van der Waals surface area contributed by atoms with Crippen molar-refractivity contribution in [3.63, 3.8) is 0 Å². The topological polar surface area (TPSA) is 91.8 Å². The summed E-state index contributed by atoms with van der Waals surface area (Å²) in [6.45, 7) is 4.15. The van der Waals surface area contributed by atoms with Crippen LogP contribution in [-0.2, 0) is 4.79 Å². The minimum absolute atomic E-state index is 0.0446. The monoisotopic (exact) mass is 396 g/mol. The van der Waals surface area contributed by atoms with Gasteiger partial charge >= 0.3 is 0 Å². The van der Waals surface area contributed by atoms with Crippen molar-refractivity contribution in [1.82, 2.24) is 10.0 Å². The second-order valence-corrected chi connectivity index (χ2v) is 8.42. The molecule has 1 heterocycles. The fraction of sp³-hybridized carbons (Fsp3) is 0.455. The molecular weight excluding hydrogens is 368 g/mol. The molecule has 0 amide bonds. The molecule has 1 aliphatic heterocycles. The first-order valence-electron chi connectivity index (χ1n) is 9.50. The predicted octanol–water partition coefficient (Wildman–Crippen LogP) is 2.92. The number of hydrogen-bond acceptors (Lipinski definition) is 7. The van der Waals surface area contributed by atoms with Crippen LogP contribution in [0.15, 0.2) is 40.9 Å². The fourth-order valence-corrected chi connectivity index (χ4v) is 4.31. The molecule has 0 spiro atoms. The Hall–Kier alpha value is -2.98. The van der Waals surface area contributed by atoms with Gasteiger partial charge in [-0.05, 0) is 29.5 Å². The molecule has 2 aliphatic rings. The van der Waals surface area contributed by atoms with Crippen molar-refractivity contribution >= 4 is 5.78 Å². The number of ketones is 1. The lowest BCUT2D eigenvalue weighted by Crippen LogP contribution is -2.47. The molecule has 0 saturated heterocycles.